The van der Waals surface area contributed by atoms with Crippen LogP contribution in [0.3, 0.4) is 0 Å². The molecule has 132 valence electrons. The minimum Gasteiger partial charge on any atom is -0.299 e. The minimum atomic E-state index is -1.26. The molecule has 0 aromatic heterocycles. The van der Waals surface area contributed by atoms with Crippen LogP contribution in [0.2, 0.25) is 20.1 Å². The first kappa shape index (κ1) is 20.3. The van der Waals surface area contributed by atoms with Gasteiger partial charge in [-0.15, -0.1) is 0 Å². The summed E-state index contributed by atoms with van der Waals surface area (Å²) in [6.45, 7) is 2.82. The van der Waals surface area contributed by atoms with Crippen LogP contribution >= 0.6 is 46.4 Å². The summed E-state index contributed by atoms with van der Waals surface area (Å²) < 4.78 is 0. The van der Waals surface area contributed by atoms with E-state index >= 15 is 0 Å². The number of rotatable bonds is 6. The molecular weight excluding hydrogens is 402 g/mol. The number of carbonyl (C=O) groups excluding carboxylic acids is 2. The molecule has 0 N–H and O–H groups in total. The van der Waals surface area contributed by atoms with E-state index in [9.17, 15) is 9.59 Å². The number of Topliss-reactive ketones (excluding diaryl/α,β-unsaturated/α-hetero) is 2. The molecule has 0 aliphatic heterocycles. The number of hydrogen-bond donors (Lipinski definition) is 0. The van der Waals surface area contributed by atoms with Crippen LogP contribution < -0.4 is 0 Å². The van der Waals surface area contributed by atoms with Gasteiger partial charge in [-0.3, -0.25) is 9.59 Å². The predicted octanol–water partition coefficient (Wildman–Crippen LogP) is 6.25. The molecule has 0 saturated heterocycles. The van der Waals surface area contributed by atoms with Gasteiger partial charge in [-0.2, -0.15) is 0 Å². The van der Waals surface area contributed by atoms with Crippen molar-refractivity contribution in [1.29, 1.82) is 0 Å². The van der Waals surface area contributed by atoms with E-state index in [1.807, 2.05) is 0 Å². The van der Waals surface area contributed by atoms with E-state index in [-0.39, 0.29) is 24.4 Å². The summed E-state index contributed by atoms with van der Waals surface area (Å²) >= 11 is 24.4. The van der Waals surface area contributed by atoms with Gasteiger partial charge in [0.15, 0.2) is 0 Å². The van der Waals surface area contributed by atoms with Gasteiger partial charge in [0, 0.05) is 20.1 Å². The number of halogens is 4. The summed E-state index contributed by atoms with van der Waals surface area (Å²) in [7, 11) is 0. The second-order valence-corrected chi connectivity index (χ2v) is 7.71. The van der Waals surface area contributed by atoms with Crippen LogP contribution in [0.15, 0.2) is 36.4 Å². The summed E-state index contributed by atoms with van der Waals surface area (Å²) in [6, 6.07) is 10.0. The predicted molar refractivity (Wildman–Crippen MR) is 104 cm³/mol. The second kappa shape index (κ2) is 8.09. The first-order valence-corrected chi connectivity index (χ1v) is 9.07. The monoisotopic (exact) mass is 416 g/mol. The van der Waals surface area contributed by atoms with Crippen LogP contribution in [0.5, 0.6) is 0 Å². The summed E-state index contributed by atoms with van der Waals surface area (Å²) in [5.41, 5.74) is 0.109. The summed E-state index contributed by atoms with van der Waals surface area (Å²) in [5, 5.41) is 1.82. The van der Waals surface area contributed by atoms with Gasteiger partial charge in [0.25, 0.3) is 0 Å². The van der Waals surface area contributed by atoms with Crippen LogP contribution in [-0.4, -0.2) is 11.6 Å². The zero-order chi connectivity index (χ0) is 18.8. The van der Waals surface area contributed by atoms with Gasteiger partial charge < -0.3 is 0 Å². The van der Waals surface area contributed by atoms with Crippen molar-refractivity contribution in [2.24, 2.45) is 5.41 Å². The Morgan fingerprint density at radius 3 is 1.40 bits per heavy atom. The maximum Gasteiger partial charge on any atom is 0.144 e. The Morgan fingerprint density at radius 1 is 0.760 bits per heavy atom. The third-order valence-corrected chi connectivity index (χ3v) is 5.54. The van der Waals surface area contributed by atoms with E-state index < -0.39 is 5.41 Å². The van der Waals surface area contributed by atoms with E-state index in [1.54, 1.807) is 36.4 Å². The zero-order valence-corrected chi connectivity index (χ0v) is 16.7. The molecule has 0 fully saturated rings. The summed E-state index contributed by atoms with van der Waals surface area (Å²) in [6.07, 6.45) is 0.346. The van der Waals surface area contributed by atoms with Crippen molar-refractivity contribution in [2.75, 3.05) is 0 Å². The van der Waals surface area contributed by atoms with Crippen molar-refractivity contribution in [3.05, 3.63) is 67.6 Å². The fourth-order valence-corrected chi connectivity index (χ4v) is 3.74. The van der Waals surface area contributed by atoms with E-state index in [2.05, 4.69) is 0 Å². The zero-order valence-electron chi connectivity index (χ0n) is 13.7. The SMILES string of the molecule is CC(=O)C(Cc1ccc(Cl)cc1Cl)(Cc1ccc(Cl)cc1Cl)C(C)=O. The van der Waals surface area contributed by atoms with Gasteiger partial charge in [0.2, 0.25) is 0 Å². The Kier molecular flexibility index (Phi) is 6.56. The standard InChI is InChI=1S/C19H16Cl4O2/c1-11(24)19(12(2)25,9-13-3-5-15(20)7-17(13)22)10-14-4-6-16(21)8-18(14)23/h3-8H,9-10H2,1-2H3. The first-order valence-electron chi connectivity index (χ1n) is 7.55. The fourth-order valence-electron chi connectivity index (χ4n) is 2.79. The van der Waals surface area contributed by atoms with Gasteiger partial charge in [0.1, 0.15) is 11.6 Å². The largest absolute Gasteiger partial charge is 0.299 e. The molecular formula is C19H16Cl4O2. The minimum absolute atomic E-state index is 0.173. The topological polar surface area (TPSA) is 34.1 Å². The third-order valence-electron chi connectivity index (χ3n) is 4.36. The highest BCUT2D eigenvalue weighted by molar-refractivity contribution is 6.35. The first-order chi connectivity index (χ1) is 11.7. The molecule has 2 rings (SSSR count). The maximum absolute atomic E-state index is 12.5. The molecule has 2 aromatic carbocycles. The highest BCUT2D eigenvalue weighted by atomic mass is 35.5. The molecule has 0 heterocycles. The molecule has 0 spiro atoms. The Labute approximate surface area is 167 Å². The molecule has 0 unspecified atom stereocenters. The molecule has 6 heteroatoms. The second-order valence-electron chi connectivity index (χ2n) is 6.02. The highest BCUT2D eigenvalue weighted by Gasteiger charge is 2.41. The molecule has 0 aliphatic rings. The van der Waals surface area contributed by atoms with E-state index in [0.717, 1.165) is 0 Å². The van der Waals surface area contributed by atoms with Gasteiger partial charge in [0.05, 0.1) is 5.41 Å². The van der Waals surface area contributed by atoms with Crippen molar-refractivity contribution in [3.8, 4) is 0 Å². The quantitative estimate of drug-likeness (QED) is 0.520. The molecule has 25 heavy (non-hydrogen) atoms. The number of hydrogen-bond acceptors (Lipinski definition) is 2. The van der Waals surface area contributed by atoms with Gasteiger partial charge in [-0.25, -0.2) is 0 Å². The average Bonchev–Trinajstić information content (AvgIpc) is 2.50. The van der Waals surface area contributed by atoms with Gasteiger partial charge >= 0.3 is 0 Å². The molecule has 0 aliphatic carbocycles. The lowest BCUT2D eigenvalue weighted by Gasteiger charge is -2.30. The van der Waals surface area contributed by atoms with Gasteiger partial charge in [-0.05, 0) is 62.1 Å². The number of benzene rings is 2. The summed E-state index contributed by atoms with van der Waals surface area (Å²) in [4.78, 5) is 25.0. The molecule has 0 saturated carbocycles. The number of ketones is 2. The molecule has 0 atom stereocenters. The Bertz CT molecular complexity index is 761. The van der Waals surface area contributed by atoms with E-state index in [4.69, 9.17) is 46.4 Å². The van der Waals surface area contributed by atoms with Crippen molar-refractivity contribution in [3.63, 3.8) is 0 Å². The van der Waals surface area contributed by atoms with Crippen LogP contribution in [0.1, 0.15) is 25.0 Å². The van der Waals surface area contributed by atoms with E-state index in [1.165, 1.54) is 13.8 Å². The lowest BCUT2D eigenvalue weighted by atomic mass is 9.71. The lowest BCUT2D eigenvalue weighted by Crippen LogP contribution is -2.41. The maximum atomic E-state index is 12.5. The van der Waals surface area contributed by atoms with Crippen LogP contribution in [-0.2, 0) is 22.4 Å². The Hall–Kier alpha value is -1.06. The summed E-state index contributed by atoms with van der Waals surface area (Å²) in [5.74, 6) is -0.478. The van der Waals surface area contributed by atoms with Crippen LogP contribution in [0.4, 0.5) is 0 Å². The van der Waals surface area contributed by atoms with Crippen molar-refractivity contribution < 1.29 is 9.59 Å². The molecule has 0 amide bonds. The van der Waals surface area contributed by atoms with Crippen molar-refractivity contribution in [2.45, 2.75) is 26.7 Å². The molecule has 0 radical (unpaired) electrons. The average molecular weight is 418 g/mol. The fraction of sp³-hybridized carbons (Fsp3) is 0.263. The van der Waals surface area contributed by atoms with Crippen molar-refractivity contribution in [1.82, 2.24) is 0 Å². The lowest BCUT2D eigenvalue weighted by molar-refractivity contribution is -0.138. The smallest absolute Gasteiger partial charge is 0.144 e. The molecule has 2 aromatic rings. The Balaban J connectivity index is 2.50. The molecule has 0 bridgehead atoms. The van der Waals surface area contributed by atoms with Crippen LogP contribution in [0, 0.1) is 5.41 Å². The van der Waals surface area contributed by atoms with Crippen molar-refractivity contribution >= 4 is 58.0 Å². The number of carbonyl (C=O) groups is 2. The normalized spacial score (nSPS) is 11.4. The third kappa shape index (κ3) is 4.57. The highest BCUT2D eigenvalue weighted by Crippen LogP contribution is 2.36. The van der Waals surface area contributed by atoms with E-state index in [0.29, 0.717) is 31.2 Å². The Morgan fingerprint density at radius 2 is 1.12 bits per heavy atom. The van der Waals surface area contributed by atoms with Crippen LogP contribution in [0.25, 0.3) is 0 Å². The van der Waals surface area contributed by atoms with Gasteiger partial charge in [-0.1, -0.05) is 58.5 Å². The molecule has 2 nitrogen and oxygen atoms in total.